The second-order valence-corrected chi connectivity index (χ2v) is 10.9. The van der Waals surface area contributed by atoms with Gasteiger partial charge in [0.05, 0.1) is 39.3 Å². The van der Waals surface area contributed by atoms with Crippen LogP contribution in [0.2, 0.25) is 5.15 Å². The number of nitrogens with zero attached hydrogens (tertiary/aromatic N) is 4. The standard InChI is InChI=1S/C22H19ClN6O3S/c23-19-9-17-18(10-25-19)27-21(26-17)15-8-14-16(28-22(15)30)5-6-24-20(14)12-2-1-7-29(11-12)33(31,32)13-3-4-13/h2,5-6,8-10,13H,1,3-4,7,11H2,(H,26,27)(H,28,30). The monoisotopic (exact) mass is 482 g/mol. The van der Waals surface area contributed by atoms with E-state index in [1.165, 1.54) is 0 Å². The lowest BCUT2D eigenvalue weighted by molar-refractivity contribution is 0.442. The molecule has 4 aromatic rings. The van der Waals surface area contributed by atoms with Gasteiger partial charge in [-0.3, -0.25) is 9.78 Å². The Morgan fingerprint density at radius 1 is 1.12 bits per heavy atom. The second-order valence-electron chi connectivity index (χ2n) is 8.34. The average molecular weight is 483 g/mol. The topological polar surface area (TPSA) is 125 Å². The van der Waals surface area contributed by atoms with Crippen molar-refractivity contribution in [3.63, 3.8) is 0 Å². The number of sulfonamides is 1. The van der Waals surface area contributed by atoms with Crippen LogP contribution in [-0.2, 0) is 10.0 Å². The summed E-state index contributed by atoms with van der Waals surface area (Å²) in [5, 5.41) is 0.784. The van der Waals surface area contributed by atoms with E-state index in [4.69, 9.17) is 11.6 Å². The summed E-state index contributed by atoms with van der Waals surface area (Å²) in [4.78, 5) is 32.0. The molecule has 0 radical (unpaired) electrons. The third kappa shape index (κ3) is 3.54. The van der Waals surface area contributed by atoms with Gasteiger partial charge in [0, 0.05) is 30.7 Å². The summed E-state index contributed by atoms with van der Waals surface area (Å²) < 4.78 is 27.1. The van der Waals surface area contributed by atoms with Crippen molar-refractivity contribution in [1.29, 1.82) is 0 Å². The third-order valence-corrected chi connectivity index (χ3v) is 8.64. The number of rotatable bonds is 4. The minimum Gasteiger partial charge on any atom is -0.337 e. The fourth-order valence-electron chi connectivity index (χ4n) is 4.25. The largest absolute Gasteiger partial charge is 0.337 e. The molecule has 1 fully saturated rings. The molecule has 0 bridgehead atoms. The van der Waals surface area contributed by atoms with Crippen LogP contribution < -0.4 is 5.56 Å². The number of fused-ring (bicyclic) bond motifs is 2. The van der Waals surface area contributed by atoms with Gasteiger partial charge >= 0.3 is 0 Å². The third-order valence-electron chi connectivity index (χ3n) is 6.09. The molecule has 2 N–H and O–H groups in total. The number of aromatic nitrogens is 5. The Kier molecular flexibility index (Phi) is 4.65. The Balaban J connectivity index is 1.45. The molecule has 11 heteroatoms. The van der Waals surface area contributed by atoms with Crippen LogP contribution in [0.4, 0.5) is 0 Å². The Morgan fingerprint density at radius 3 is 2.79 bits per heavy atom. The first-order valence-corrected chi connectivity index (χ1v) is 12.5. The van der Waals surface area contributed by atoms with E-state index in [1.807, 2.05) is 6.08 Å². The van der Waals surface area contributed by atoms with Crippen molar-refractivity contribution < 1.29 is 8.42 Å². The molecule has 0 atom stereocenters. The Hall–Kier alpha value is -3.08. The normalized spacial score (nSPS) is 17.5. The highest BCUT2D eigenvalue weighted by Crippen LogP contribution is 2.34. The van der Waals surface area contributed by atoms with Crippen LogP contribution in [0.15, 0.2) is 41.5 Å². The Morgan fingerprint density at radius 2 is 1.97 bits per heavy atom. The van der Waals surface area contributed by atoms with Gasteiger partial charge in [0.25, 0.3) is 5.56 Å². The molecule has 0 saturated heterocycles. The molecule has 1 saturated carbocycles. The van der Waals surface area contributed by atoms with Crippen LogP contribution in [0.25, 0.3) is 38.9 Å². The predicted octanol–water partition coefficient (Wildman–Crippen LogP) is 3.10. The lowest BCUT2D eigenvalue weighted by atomic mass is 10.0. The molecule has 9 nitrogen and oxygen atoms in total. The summed E-state index contributed by atoms with van der Waals surface area (Å²) in [6, 6.07) is 5.10. The van der Waals surface area contributed by atoms with E-state index in [1.54, 1.807) is 34.9 Å². The lowest BCUT2D eigenvalue weighted by Gasteiger charge is -2.27. The number of hydrogen-bond acceptors (Lipinski definition) is 6. The van der Waals surface area contributed by atoms with Crippen LogP contribution in [-0.4, -0.2) is 56.0 Å². The van der Waals surface area contributed by atoms with Gasteiger partial charge in [-0.05, 0) is 37.0 Å². The van der Waals surface area contributed by atoms with Gasteiger partial charge in [0.2, 0.25) is 10.0 Å². The molecule has 168 valence electrons. The molecule has 0 unspecified atom stereocenters. The van der Waals surface area contributed by atoms with E-state index in [-0.39, 0.29) is 17.4 Å². The van der Waals surface area contributed by atoms with Crippen LogP contribution >= 0.6 is 11.6 Å². The van der Waals surface area contributed by atoms with E-state index in [0.717, 1.165) is 23.8 Å². The van der Waals surface area contributed by atoms with E-state index < -0.39 is 10.0 Å². The fraction of sp³-hybridized carbons (Fsp3) is 0.273. The summed E-state index contributed by atoms with van der Waals surface area (Å²) in [5.41, 5.74) is 3.42. The molecule has 2 aliphatic rings. The van der Waals surface area contributed by atoms with Crippen LogP contribution in [0, 0.1) is 0 Å². The Labute approximate surface area is 193 Å². The maximum absolute atomic E-state index is 12.9. The molecular formula is C22H19ClN6O3S. The van der Waals surface area contributed by atoms with Gasteiger partial charge in [-0.25, -0.2) is 18.4 Å². The maximum Gasteiger partial charge on any atom is 0.259 e. The zero-order valence-corrected chi connectivity index (χ0v) is 18.9. The smallest absolute Gasteiger partial charge is 0.259 e. The van der Waals surface area contributed by atoms with Crippen molar-refractivity contribution in [1.82, 2.24) is 29.2 Å². The van der Waals surface area contributed by atoms with Crippen LogP contribution in [0.5, 0.6) is 0 Å². The molecule has 0 aromatic carbocycles. The highest BCUT2D eigenvalue weighted by Gasteiger charge is 2.40. The van der Waals surface area contributed by atoms with Crippen molar-refractivity contribution in [3.05, 3.63) is 57.9 Å². The van der Waals surface area contributed by atoms with Gasteiger partial charge in [-0.2, -0.15) is 4.31 Å². The van der Waals surface area contributed by atoms with Gasteiger partial charge in [-0.1, -0.05) is 17.7 Å². The minimum absolute atomic E-state index is 0.253. The Bertz CT molecular complexity index is 1620. The second kappa shape index (κ2) is 7.47. The summed E-state index contributed by atoms with van der Waals surface area (Å²) in [5.74, 6) is 0.391. The molecule has 33 heavy (non-hydrogen) atoms. The number of hydrogen-bond donors (Lipinski definition) is 2. The maximum atomic E-state index is 12.9. The molecule has 0 spiro atoms. The first-order chi connectivity index (χ1) is 15.9. The molecule has 6 rings (SSSR count). The summed E-state index contributed by atoms with van der Waals surface area (Å²) >= 11 is 5.96. The van der Waals surface area contributed by atoms with Crippen molar-refractivity contribution in [2.45, 2.75) is 24.5 Å². The highest BCUT2D eigenvalue weighted by atomic mass is 35.5. The van der Waals surface area contributed by atoms with Gasteiger partial charge in [0.1, 0.15) is 11.0 Å². The minimum atomic E-state index is -3.28. The zero-order chi connectivity index (χ0) is 22.7. The van der Waals surface area contributed by atoms with E-state index in [2.05, 4.69) is 24.9 Å². The quantitative estimate of drug-likeness (QED) is 0.430. The van der Waals surface area contributed by atoms with Crippen LogP contribution in [0.3, 0.4) is 0 Å². The molecule has 1 aliphatic carbocycles. The van der Waals surface area contributed by atoms with Crippen molar-refractivity contribution in [2.24, 2.45) is 0 Å². The fourth-order valence-corrected chi connectivity index (χ4v) is 6.24. The molecule has 1 aliphatic heterocycles. The van der Waals surface area contributed by atoms with Crippen LogP contribution in [0.1, 0.15) is 25.0 Å². The number of halogens is 1. The predicted molar refractivity (Wildman–Crippen MR) is 126 cm³/mol. The van der Waals surface area contributed by atoms with Crippen molar-refractivity contribution in [2.75, 3.05) is 13.1 Å². The van der Waals surface area contributed by atoms with E-state index in [9.17, 15) is 13.2 Å². The van der Waals surface area contributed by atoms with Gasteiger partial charge in [0.15, 0.2) is 0 Å². The number of nitrogens with one attached hydrogen (secondary N) is 2. The SMILES string of the molecule is O=c1[nH]c2ccnc(C3=CCCN(S(=O)(=O)C4CC4)C3)c2cc1-c1nc2cc(Cl)ncc2[nH]1. The summed E-state index contributed by atoms with van der Waals surface area (Å²) in [6.07, 6.45) is 7.29. The first-order valence-electron chi connectivity index (χ1n) is 10.6. The summed E-state index contributed by atoms with van der Waals surface area (Å²) in [6.45, 7) is 0.749. The van der Waals surface area contributed by atoms with Gasteiger partial charge in [-0.15, -0.1) is 0 Å². The molecule has 5 heterocycles. The molecule has 4 aromatic heterocycles. The van der Waals surface area contributed by atoms with Crippen molar-refractivity contribution >= 4 is 49.1 Å². The van der Waals surface area contributed by atoms with E-state index in [0.29, 0.717) is 51.8 Å². The number of H-pyrrole nitrogens is 2. The number of imidazole rings is 1. The van der Waals surface area contributed by atoms with Crippen molar-refractivity contribution in [3.8, 4) is 11.4 Å². The summed E-state index contributed by atoms with van der Waals surface area (Å²) in [7, 11) is -3.28. The first kappa shape index (κ1) is 20.5. The number of aromatic amines is 2. The molecule has 0 amide bonds. The number of pyridine rings is 3. The average Bonchev–Trinajstić information content (AvgIpc) is 3.59. The molecular weight excluding hydrogens is 464 g/mol. The lowest BCUT2D eigenvalue weighted by Crippen LogP contribution is -2.37. The van der Waals surface area contributed by atoms with Gasteiger partial charge < -0.3 is 9.97 Å². The zero-order valence-electron chi connectivity index (χ0n) is 17.4. The van der Waals surface area contributed by atoms with E-state index >= 15 is 0 Å². The highest BCUT2D eigenvalue weighted by molar-refractivity contribution is 7.90.